The lowest BCUT2D eigenvalue weighted by atomic mass is 10.6. The fourth-order valence-corrected chi connectivity index (χ4v) is 1.30. The lowest BCUT2D eigenvalue weighted by molar-refractivity contribution is -0.0144. The third-order valence-electron chi connectivity index (χ3n) is 2.42. The second-order valence-electron chi connectivity index (χ2n) is 4.16. The first-order chi connectivity index (χ1) is 11.4. The summed E-state index contributed by atoms with van der Waals surface area (Å²) in [7, 11) is 3.55. The molecule has 0 aromatic carbocycles. The van der Waals surface area contributed by atoms with Crippen LogP contribution in [0, 0.1) is 0 Å². The van der Waals surface area contributed by atoms with Gasteiger partial charge in [0.05, 0.1) is 72.7 Å². The average Bonchev–Trinajstić information content (AvgIpc) is 2.59. The van der Waals surface area contributed by atoms with E-state index in [-0.39, 0.29) is 0 Å². The molecule has 0 saturated heterocycles. The van der Waals surface area contributed by atoms with E-state index in [0.717, 1.165) is 6.54 Å². The van der Waals surface area contributed by atoms with Gasteiger partial charge in [-0.05, 0) is 7.05 Å². The van der Waals surface area contributed by atoms with Crippen molar-refractivity contribution in [1.29, 1.82) is 0 Å². The van der Waals surface area contributed by atoms with E-state index in [9.17, 15) is 0 Å². The third kappa shape index (κ3) is 26.9. The Morgan fingerprint density at radius 1 is 0.522 bits per heavy atom. The van der Waals surface area contributed by atoms with Gasteiger partial charge >= 0.3 is 0 Å². The highest BCUT2D eigenvalue weighted by Crippen LogP contribution is 1.83. The van der Waals surface area contributed by atoms with Crippen LogP contribution in [0.3, 0.4) is 0 Å². The molecule has 0 aliphatic carbocycles. The first kappa shape index (κ1) is 25.0. The molecular formula is C16H37NO6. The smallest absolute Gasteiger partial charge is 0.0701 e. The molecule has 0 aromatic heterocycles. The first-order valence-electron chi connectivity index (χ1n) is 8.44. The van der Waals surface area contributed by atoms with Crippen molar-refractivity contribution in [2.45, 2.75) is 13.8 Å². The van der Waals surface area contributed by atoms with Gasteiger partial charge in [-0.3, -0.25) is 0 Å². The fourth-order valence-electron chi connectivity index (χ4n) is 1.30. The number of nitrogens with one attached hydrogen (secondary N) is 1. The van der Waals surface area contributed by atoms with E-state index in [2.05, 4.69) is 5.32 Å². The molecule has 0 radical (unpaired) electrons. The van der Waals surface area contributed by atoms with E-state index in [1.165, 1.54) is 0 Å². The molecule has 0 spiro atoms. The Morgan fingerprint density at radius 2 is 0.826 bits per heavy atom. The zero-order valence-corrected chi connectivity index (χ0v) is 15.4. The number of hydrogen-bond donors (Lipinski definition) is 1. The maximum absolute atomic E-state index is 5.36. The highest BCUT2D eigenvalue weighted by molar-refractivity contribution is 4.38. The van der Waals surface area contributed by atoms with Gasteiger partial charge in [0.15, 0.2) is 0 Å². The van der Waals surface area contributed by atoms with Crippen molar-refractivity contribution >= 4 is 0 Å². The van der Waals surface area contributed by atoms with Crippen LogP contribution in [0.15, 0.2) is 0 Å². The number of ether oxygens (including phenoxy) is 6. The summed E-state index contributed by atoms with van der Waals surface area (Å²) in [5.74, 6) is 0. The van der Waals surface area contributed by atoms with Crippen LogP contribution in [-0.2, 0) is 28.4 Å². The Morgan fingerprint density at radius 3 is 1.13 bits per heavy atom. The minimum absolute atomic E-state index is 0.570. The van der Waals surface area contributed by atoms with E-state index in [4.69, 9.17) is 28.4 Å². The first-order valence-corrected chi connectivity index (χ1v) is 8.44. The van der Waals surface area contributed by atoms with Crippen LogP contribution in [-0.4, -0.2) is 93.4 Å². The molecule has 0 rings (SSSR count). The molecule has 23 heavy (non-hydrogen) atoms. The van der Waals surface area contributed by atoms with Crippen molar-refractivity contribution in [2.24, 2.45) is 0 Å². The zero-order valence-electron chi connectivity index (χ0n) is 15.4. The summed E-state index contributed by atoms with van der Waals surface area (Å²) in [6, 6.07) is 0. The summed E-state index contributed by atoms with van der Waals surface area (Å²) < 4.78 is 31.5. The van der Waals surface area contributed by atoms with Crippen molar-refractivity contribution in [3.8, 4) is 0 Å². The summed E-state index contributed by atoms with van der Waals surface area (Å²) in [4.78, 5) is 0. The zero-order chi connectivity index (χ0) is 17.4. The molecule has 0 fully saturated rings. The Kier molecular flexibility index (Phi) is 28.9. The average molecular weight is 339 g/mol. The predicted octanol–water partition coefficient (Wildman–Crippen LogP) is 0.961. The predicted molar refractivity (Wildman–Crippen MR) is 91.2 cm³/mol. The second-order valence-corrected chi connectivity index (χ2v) is 4.16. The highest BCUT2D eigenvalue weighted by Gasteiger charge is 1.93. The Bertz CT molecular complexity index is 168. The topological polar surface area (TPSA) is 67.4 Å². The lowest BCUT2D eigenvalue weighted by Crippen LogP contribution is -2.17. The maximum atomic E-state index is 5.36. The summed E-state index contributed by atoms with van der Waals surface area (Å²) in [5.41, 5.74) is 0. The van der Waals surface area contributed by atoms with Gasteiger partial charge in [-0.25, -0.2) is 0 Å². The third-order valence-corrected chi connectivity index (χ3v) is 2.42. The van der Waals surface area contributed by atoms with Crippen molar-refractivity contribution in [3.05, 3.63) is 0 Å². The second kappa shape index (κ2) is 26.6. The molecule has 0 aliphatic rings. The molecule has 0 heterocycles. The van der Waals surface area contributed by atoms with Gasteiger partial charge in [-0.15, -0.1) is 0 Å². The lowest BCUT2D eigenvalue weighted by Gasteiger charge is -2.07. The minimum atomic E-state index is 0.570. The van der Waals surface area contributed by atoms with E-state index < -0.39 is 0 Å². The van der Waals surface area contributed by atoms with Gasteiger partial charge in [0.25, 0.3) is 0 Å². The molecule has 7 heteroatoms. The standard InChI is InChI=1S/C14H31NO6.C2H6/c1-15-3-4-17-7-8-19-11-12-21-14-13-20-10-9-18-6-5-16-2;1-2/h15H,3-14H2,1-2H3;1-2H3. The molecular weight excluding hydrogens is 302 g/mol. The van der Waals surface area contributed by atoms with Gasteiger partial charge < -0.3 is 33.7 Å². The van der Waals surface area contributed by atoms with Gasteiger partial charge in [0.1, 0.15) is 0 Å². The van der Waals surface area contributed by atoms with Crippen molar-refractivity contribution < 1.29 is 28.4 Å². The van der Waals surface area contributed by atoms with Gasteiger partial charge in [-0.1, -0.05) is 13.8 Å². The van der Waals surface area contributed by atoms with Crippen LogP contribution < -0.4 is 5.32 Å². The van der Waals surface area contributed by atoms with E-state index in [1.807, 2.05) is 20.9 Å². The largest absolute Gasteiger partial charge is 0.382 e. The number of rotatable bonds is 18. The molecule has 0 aliphatic heterocycles. The monoisotopic (exact) mass is 339 g/mol. The van der Waals surface area contributed by atoms with Crippen molar-refractivity contribution in [3.63, 3.8) is 0 Å². The highest BCUT2D eigenvalue weighted by atomic mass is 16.6. The molecule has 0 bridgehead atoms. The molecule has 0 atom stereocenters. The molecule has 0 unspecified atom stereocenters. The van der Waals surface area contributed by atoms with Crippen molar-refractivity contribution in [2.75, 3.05) is 93.4 Å². The minimum Gasteiger partial charge on any atom is -0.382 e. The van der Waals surface area contributed by atoms with E-state index in [0.29, 0.717) is 72.7 Å². The number of likely N-dealkylation sites (N-methyl/N-ethyl adjacent to an activating group) is 1. The molecule has 0 amide bonds. The maximum Gasteiger partial charge on any atom is 0.0701 e. The fraction of sp³-hybridized carbons (Fsp3) is 1.00. The van der Waals surface area contributed by atoms with E-state index in [1.54, 1.807) is 7.11 Å². The normalized spacial score (nSPS) is 10.4. The SMILES string of the molecule is CC.CNCCOCCOCCOCCOCCOCCOC. The summed E-state index contributed by atoms with van der Waals surface area (Å²) in [6.07, 6.45) is 0. The summed E-state index contributed by atoms with van der Waals surface area (Å²) >= 11 is 0. The molecule has 7 nitrogen and oxygen atoms in total. The van der Waals surface area contributed by atoms with Gasteiger partial charge in [0, 0.05) is 13.7 Å². The molecule has 1 N–H and O–H groups in total. The number of methoxy groups -OCH3 is 1. The van der Waals surface area contributed by atoms with Crippen LogP contribution >= 0.6 is 0 Å². The quantitative estimate of drug-likeness (QED) is 0.373. The Balaban J connectivity index is 0. The number of hydrogen-bond acceptors (Lipinski definition) is 7. The van der Waals surface area contributed by atoms with Crippen LogP contribution in [0.25, 0.3) is 0 Å². The Hall–Kier alpha value is -0.280. The van der Waals surface area contributed by atoms with Gasteiger partial charge in [0.2, 0.25) is 0 Å². The molecule has 0 saturated carbocycles. The Labute approximate surface area is 141 Å². The van der Waals surface area contributed by atoms with Crippen LogP contribution in [0.2, 0.25) is 0 Å². The van der Waals surface area contributed by atoms with Crippen molar-refractivity contribution in [1.82, 2.24) is 5.32 Å². The van der Waals surface area contributed by atoms with E-state index >= 15 is 0 Å². The van der Waals surface area contributed by atoms with Crippen LogP contribution in [0.5, 0.6) is 0 Å². The van der Waals surface area contributed by atoms with Crippen LogP contribution in [0.4, 0.5) is 0 Å². The molecule has 142 valence electrons. The van der Waals surface area contributed by atoms with Crippen LogP contribution in [0.1, 0.15) is 13.8 Å². The summed E-state index contributed by atoms with van der Waals surface area (Å²) in [5, 5.41) is 3.01. The molecule has 0 aromatic rings. The summed E-state index contributed by atoms with van der Waals surface area (Å²) in [6.45, 7) is 11.5. The van der Waals surface area contributed by atoms with Gasteiger partial charge in [-0.2, -0.15) is 0 Å².